The van der Waals surface area contributed by atoms with E-state index >= 15 is 0 Å². The SMILES string of the molecule is Cc1cnc2c(c1)nc(N)n2CCc1cnn(C)c1. The Balaban J connectivity index is 1.90. The van der Waals surface area contributed by atoms with Crippen LogP contribution < -0.4 is 5.73 Å². The third-order valence-electron chi connectivity index (χ3n) is 3.13. The molecule has 3 rings (SSSR count). The topological polar surface area (TPSA) is 74.6 Å². The number of aryl methyl sites for hydroxylation is 4. The number of fused-ring (bicyclic) bond motifs is 1. The molecular weight excluding hydrogens is 240 g/mol. The Kier molecular flexibility index (Phi) is 2.70. The van der Waals surface area contributed by atoms with Gasteiger partial charge < -0.3 is 5.73 Å². The molecule has 98 valence electrons. The van der Waals surface area contributed by atoms with Gasteiger partial charge in [0.25, 0.3) is 0 Å². The lowest BCUT2D eigenvalue weighted by Gasteiger charge is -2.04. The smallest absolute Gasteiger partial charge is 0.202 e. The monoisotopic (exact) mass is 256 g/mol. The number of hydrogen-bond donors (Lipinski definition) is 1. The Bertz CT molecular complexity index is 724. The average Bonchev–Trinajstić information content (AvgIpc) is 2.89. The lowest BCUT2D eigenvalue weighted by Crippen LogP contribution is -2.06. The Morgan fingerprint density at radius 3 is 2.89 bits per heavy atom. The van der Waals surface area contributed by atoms with Crippen molar-refractivity contribution in [2.75, 3.05) is 5.73 Å². The fraction of sp³-hybridized carbons (Fsp3) is 0.308. The normalized spacial score (nSPS) is 11.3. The highest BCUT2D eigenvalue weighted by atomic mass is 15.2. The highest BCUT2D eigenvalue weighted by Crippen LogP contribution is 2.17. The lowest BCUT2D eigenvalue weighted by molar-refractivity contribution is 0.717. The molecule has 6 nitrogen and oxygen atoms in total. The highest BCUT2D eigenvalue weighted by Gasteiger charge is 2.09. The first kappa shape index (κ1) is 11.7. The Morgan fingerprint density at radius 1 is 1.32 bits per heavy atom. The summed E-state index contributed by atoms with van der Waals surface area (Å²) in [6.07, 6.45) is 6.57. The number of rotatable bonds is 3. The van der Waals surface area contributed by atoms with Gasteiger partial charge in [0.2, 0.25) is 5.95 Å². The molecule has 0 aliphatic rings. The fourth-order valence-corrected chi connectivity index (χ4v) is 2.19. The van der Waals surface area contributed by atoms with Crippen molar-refractivity contribution in [3.8, 4) is 0 Å². The molecular formula is C13H16N6. The molecule has 0 unspecified atom stereocenters. The minimum atomic E-state index is 0.511. The summed E-state index contributed by atoms with van der Waals surface area (Å²) >= 11 is 0. The molecule has 3 aromatic rings. The van der Waals surface area contributed by atoms with E-state index in [9.17, 15) is 0 Å². The zero-order valence-corrected chi connectivity index (χ0v) is 11.0. The van der Waals surface area contributed by atoms with Gasteiger partial charge in [-0.25, -0.2) is 9.97 Å². The zero-order valence-electron chi connectivity index (χ0n) is 11.0. The quantitative estimate of drug-likeness (QED) is 0.766. The van der Waals surface area contributed by atoms with Crippen LogP contribution in [0.25, 0.3) is 11.2 Å². The molecule has 0 aliphatic carbocycles. The van der Waals surface area contributed by atoms with Crippen molar-refractivity contribution in [1.82, 2.24) is 24.3 Å². The van der Waals surface area contributed by atoms with E-state index in [1.165, 1.54) is 5.56 Å². The largest absolute Gasteiger partial charge is 0.369 e. The summed E-state index contributed by atoms with van der Waals surface area (Å²) in [6.45, 7) is 2.75. The van der Waals surface area contributed by atoms with E-state index in [1.54, 1.807) is 4.68 Å². The molecule has 0 aromatic carbocycles. The summed E-state index contributed by atoms with van der Waals surface area (Å²) < 4.78 is 3.74. The van der Waals surface area contributed by atoms with Crippen LogP contribution in [0.15, 0.2) is 24.7 Å². The summed E-state index contributed by atoms with van der Waals surface area (Å²) in [5, 5.41) is 4.16. The molecule has 0 fully saturated rings. The molecule has 2 N–H and O–H groups in total. The van der Waals surface area contributed by atoms with Crippen LogP contribution in [0.2, 0.25) is 0 Å². The van der Waals surface area contributed by atoms with Gasteiger partial charge in [0.05, 0.1) is 6.20 Å². The number of hydrogen-bond acceptors (Lipinski definition) is 4. The molecule has 0 saturated carbocycles. The van der Waals surface area contributed by atoms with Gasteiger partial charge in [-0.3, -0.25) is 9.25 Å². The van der Waals surface area contributed by atoms with E-state index in [2.05, 4.69) is 15.1 Å². The molecule has 0 saturated heterocycles. The number of pyridine rings is 1. The van der Waals surface area contributed by atoms with Crippen LogP contribution in [0.3, 0.4) is 0 Å². The molecule has 3 aromatic heterocycles. The van der Waals surface area contributed by atoms with Crippen LogP contribution in [0.5, 0.6) is 0 Å². The standard InChI is InChI=1S/C13H16N6/c1-9-5-11-12(15-6-9)19(13(14)17-11)4-3-10-7-16-18(2)8-10/h5-8H,3-4H2,1-2H3,(H2,14,17). The van der Waals surface area contributed by atoms with Crippen molar-refractivity contribution in [3.05, 3.63) is 35.8 Å². The summed E-state index contributed by atoms with van der Waals surface area (Å²) in [6, 6.07) is 2.00. The molecule has 0 atom stereocenters. The van der Waals surface area contributed by atoms with Crippen molar-refractivity contribution in [2.24, 2.45) is 7.05 Å². The summed E-state index contributed by atoms with van der Waals surface area (Å²) in [4.78, 5) is 8.77. The van der Waals surface area contributed by atoms with Gasteiger partial charge in [0, 0.05) is 26.0 Å². The second kappa shape index (κ2) is 4.38. The minimum Gasteiger partial charge on any atom is -0.369 e. The molecule has 19 heavy (non-hydrogen) atoms. The first-order chi connectivity index (χ1) is 9.13. The van der Waals surface area contributed by atoms with Gasteiger partial charge in [-0.05, 0) is 30.5 Å². The lowest BCUT2D eigenvalue weighted by atomic mass is 10.2. The van der Waals surface area contributed by atoms with E-state index in [1.807, 2.05) is 43.2 Å². The van der Waals surface area contributed by atoms with Crippen LogP contribution >= 0.6 is 0 Å². The first-order valence-corrected chi connectivity index (χ1v) is 6.19. The van der Waals surface area contributed by atoms with Crippen molar-refractivity contribution in [2.45, 2.75) is 19.9 Å². The van der Waals surface area contributed by atoms with Crippen LogP contribution in [0, 0.1) is 6.92 Å². The fourth-order valence-electron chi connectivity index (χ4n) is 2.19. The second-order valence-corrected chi connectivity index (χ2v) is 4.75. The molecule has 0 spiro atoms. The van der Waals surface area contributed by atoms with Gasteiger partial charge in [-0.1, -0.05) is 0 Å². The van der Waals surface area contributed by atoms with Gasteiger partial charge in [-0.15, -0.1) is 0 Å². The van der Waals surface area contributed by atoms with E-state index in [4.69, 9.17) is 5.73 Å². The van der Waals surface area contributed by atoms with Crippen molar-refractivity contribution >= 4 is 17.1 Å². The second-order valence-electron chi connectivity index (χ2n) is 4.75. The third kappa shape index (κ3) is 2.16. The summed E-state index contributed by atoms with van der Waals surface area (Å²) in [5.74, 6) is 0.511. The Morgan fingerprint density at radius 2 is 2.16 bits per heavy atom. The third-order valence-corrected chi connectivity index (χ3v) is 3.13. The predicted molar refractivity (Wildman–Crippen MR) is 73.6 cm³/mol. The van der Waals surface area contributed by atoms with Gasteiger partial charge >= 0.3 is 0 Å². The number of nitrogen functional groups attached to an aromatic ring is 1. The molecule has 3 heterocycles. The van der Waals surface area contributed by atoms with Gasteiger partial charge in [0.15, 0.2) is 5.65 Å². The average molecular weight is 256 g/mol. The zero-order chi connectivity index (χ0) is 13.4. The number of aromatic nitrogens is 5. The molecule has 0 bridgehead atoms. The van der Waals surface area contributed by atoms with Gasteiger partial charge in [0.1, 0.15) is 5.52 Å². The molecule has 6 heteroatoms. The summed E-state index contributed by atoms with van der Waals surface area (Å²) in [5.41, 5.74) is 9.92. The molecule has 0 aliphatic heterocycles. The predicted octanol–water partition coefficient (Wildman–Crippen LogP) is 1.30. The number of nitrogens with zero attached hydrogens (tertiary/aromatic N) is 5. The van der Waals surface area contributed by atoms with Crippen LogP contribution in [0.4, 0.5) is 5.95 Å². The summed E-state index contributed by atoms with van der Waals surface area (Å²) in [7, 11) is 1.91. The maximum absolute atomic E-state index is 5.96. The highest BCUT2D eigenvalue weighted by molar-refractivity contribution is 5.74. The molecule has 0 radical (unpaired) electrons. The van der Waals surface area contributed by atoms with Crippen molar-refractivity contribution in [3.63, 3.8) is 0 Å². The van der Waals surface area contributed by atoms with E-state index in [0.717, 1.165) is 29.7 Å². The Labute approximate surface area is 110 Å². The Hall–Kier alpha value is -2.37. The number of imidazole rings is 1. The van der Waals surface area contributed by atoms with E-state index in [-0.39, 0.29) is 0 Å². The molecule has 0 amide bonds. The van der Waals surface area contributed by atoms with Crippen molar-refractivity contribution in [1.29, 1.82) is 0 Å². The van der Waals surface area contributed by atoms with Crippen LogP contribution in [0.1, 0.15) is 11.1 Å². The maximum atomic E-state index is 5.96. The maximum Gasteiger partial charge on any atom is 0.202 e. The first-order valence-electron chi connectivity index (χ1n) is 6.19. The minimum absolute atomic E-state index is 0.511. The van der Waals surface area contributed by atoms with E-state index < -0.39 is 0 Å². The van der Waals surface area contributed by atoms with E-state index in [0.29, 0.717) is 5.95 Å². The van der Waals surface area contributed by atoms with Crippen LogP contribution in [-0.4, -0.2) is 24.3 Å². The van der Waals surface area contributed by atoms with Crippen LogP contribution in [-0.2, 0) is 20.0 Å². The number of nitrogens with two attached hydrogens (primary N) is 1. The van der Waals surface area contributed by atoms with Gasteiger partial charge in [-0.2, -0.15) is 5.10 Å². The van der Waals surface area contributed by atoms with Crippen molar-refractivity contribution < 1.29 is 0 Å². The number of anilines is 1.